The summed E-state index contributed by atoms with van der Waals surface area (Å²) < 4.78 is 13.0. The fourth-order valence-electron chi connectivity index (χ4n) is 2.92. The zero-order valence-corrected chi connectivity index (χ0v) is 14.1. The van der Waals surface area contributed by atoms with Crippen LogP contribution in [0.2, 0.25) is 5.02 Å². The minimum atomic E-state index is -0.287. The van der Waals surface area contributed by atoms with Gasteiger partial charge in [-0.3, -0.25) is 0 Å². The molecular formula is C17H21ClFN5. The molecule has 0 bridgehead atoms. The van der Waals surface area contributed by atoms with Gasteiger partial charge in [-0.25, -0.2) is 9.37 Å². The van der Waals surface area contributed by atoms with Crippen LogP contribution in [0.25, 0.3) is 0 Å². The van der Waals surface area contributed by atoms with Crippen LogP contribution in [0.3, 0.4) is 0 Å². The normalized spacial score (nSPS) is 20.6. The van der Waals surface area contributed by atoms with Crippen molar-refractivity contribution in [1.82, 2.24) is 9.97 Å². The Morgan fingerprint density at radius 2 is 1.88 bits per heavy atom. The fraction of sp³-hybridized carbons (Fsp3) is 0.412. The topological polar surface area (TPSA) is 75.9 Å². The van der Waals surface area contributed by atoms with Gasteiger partial charge in [-0.2, -0.15) is 4.98 Å². The highest BCUT2D eigenvalue weighted by molar-refractivity contribution is 6.32. The minimum Gasteiger partial charge on any atom is -0.351 e. The van der Waals surface area contributed by atoms with E-state index >= 15 is 0 Å². The lowest BCUT2D eigenvalue weighted by atomic mass is 9.86. The molecule has 128 valence electrons. The average Bonchev–Trinajstić information content (AvgIpc) is 2.60. The lowest BCUT2D eigenvalue weighted by Gasteiger charge is -2.28. The van der Waals surface area contributed by atoms with Crippen LogP contribution in [0, 0.1) is 11.7 Å². The highest BCUT2D eigenvalue weighted by Gasteiger charge is 2.20. The van der Waals surface area contributed by atoms with Gasteiger partial charge in [0.2, 0.25) is 5.95 Å². The lowest BCUT2D eigenvalue weighted by molar-refractivity contribution is 0.344. The molecule has 1 aromatic heterocycles. The molecule has 1 aliphatic carbocycles. The number of nitrogens with zero attached hydrogens (tertiary/aromatic N) is 2. The molecule has 0 amide bonds. The van der Waals surface area contributed by atoms with Gasteiger partial charge >= 0.3 is 0 Å². The van der Waals surface area contributed by atoms with Crippen LogP contribution in [-0.2, 0) is 0 Å². The first-order chi connectivity index (χ1) is 11.6. The van der Waals surface area contributed by atoms with E-state index in [0.717, 1.165) is 32.2 Å². The predicted molar refractivity (Wildman–Crippen MR) is 95.1 cm³/mol. The Balaban J connectivity index is 1.66. The zero-order chi connectivity index (χ0) is 16.9. The maximum Gasteiger partial charge on any atom is 0.224 e. The molecule has 0 spiro atoms. The van der Waals surface area contributed by atoms with Gasteiger partial charge in [0, 0.05) is 11.7 Å². The Hall–Kier alpha value is -1.92. The Labute approximate surface area is 145 Å². The van der Waals surface area contributed by atoms with Gasteiger partial charge in [-0.15, -0.1) is 0 Å². The number of benzene rings is 1. The summed E-state index contributed by atoms with van der Waals surface area (Å²) in [5.41, 5.74) is 6.44. The smallest absolute Gasteiger partial charge is 0.224 e. The second kappa shape index (κ2) is 7.77. The first-order valence-corrected chi connectivity index (χ1v) is 8.53. The van der Waals surface area contributed by atoms with Gasteiger partial charge in [0.15, 0.2) is 5.82 Å². The number of anilines is 3. The summed E-state index contributed by atoms with van der Waals surface area (Å²) in [6.07, 6.45) is 5.95. The molecule has 0 unspecified atom stereocenters. The summed E-state index contributed by atoms with van der Waals surface area (Å²) in [7, 11) is 0. The van der Waals surface area contributed by atoms with Crippen molar-refractivity contribution in [3.05, 3.63) is 41.3 Å². The third-order valence-corrected chi connectivity index (χ3v) is 4.64. The number of aromatic nitrogens is 2. The van der Waals surface area contributed by atoms with Crippen LogP contribution in [-0.4, -0.2) is 22.6 Å². The van der Waals surface area contributed by atoms with Crippen molar-refractivity contribution in [3.8, 4) is 0 Å². The molecular weight excluding hydrogens is 329 g/mol. The summed E-state index contributed by atoms with van der Waals surface area (Å²) >= 11 is 6.15. The second-order valence-electron chi connectivity index (χ2n) is 6.12. The standard InChI is InChI=1S/C17H21ClFN5/c18-15-10-21-17(23-14-5-1-11(9-20)2-6-14)24-16(15)22-13-7-3-12(19)4-8-13/h3-4,7-8,10-11,14H,1-2,5-6,9,20H2,(H2,21,22,23,24). The van der Waals surface area contributed by atoms with Gasteiger partial charge in [0.1, 0.15) is 10.8 Å². The molecule has 0 aliphatic heterocycles. The maximum absolute atomic E-state index is 13.0. The quantitative estimate of drug-likeness (QED) is 0.762. The first kappa shape index (κ1) is 16.9. The Kier molecular flexibility index (Phi) is 5.48. The minimum absolute atomic E-state index is 0.287. The van der Waals surface area contributed by atoms with Crippen molar-refractivity contribution < 1.29 is 4.39 Å². The average molecular weight is 350 g/mol. The van der Waals surface area contributed by atoms with Crippen LogP contribution in [0.1, 0.15) is 25.7 Å². The third kappa shape index (κ3) is 4.33. The van der Waals surface area contributed by atoms with E-state index in [4.69, 9.17) is 17.3 Å². The molecule has 5 nitrogen and oxygen atoms in total. The second-order valence-corrected chi connectivity index (χ2v) is 6.53. The summed E-state index contributed by atoms with van der Waals surface area (Å²) in [5, 5.41) is 6.87. The van der Waals surface area contributed by atoms with Crippen molar-refractivity contribution in [2.24, 2.45) is 11.7 Å². The Morgan fingerprint density at radius 3 is 2.54 bits per heavy atom. The maximum atomic E-state index is 13.0. The molecule has 1 saturated carbocycles. The molecule has 3 rings (SSSR count). The van der Waals surface area contributed by atoms with Crippen LogP contribution < -0.4 is 16.4 Å². The molecule has 1 aromatic carbocycles. The molecule has 0 saturated heterocycles. The van der Waals surface area contributed by atoms with E-state index in [1.165, 1.54) is 12.1 Å². The van der Waals surface area contributed by atoms with Gasteiger partial charge in [0.25, 0.3) is 0 Å². The number of nitrogens with two attached hydrogens (primary N) is 1. The largest absolute Gasteiger partial charge is 0.351 e. The van der Waals surface area contributed by atoms with E-state index in [1.807, 2.05) is 0 Å². The number of nitrogens with one attached hydrogen (secondary N) is 2. The zero-order valence-electron chi connectivity index (χ0n) is 13.3. The van der Waals surface area contributed by atoms with E-state index in [1.54, 1.807) is 18.3 Å². The van der Waals surface area contributed by atoms with Crippen LogP contribution in [0.4, 0.5) is 21.8 Å². The van der Waals surface area contributed by atoms with Crippen LogP contribution in [0.15, 0.2) is 30.5 Å². The summed E-state index contributed by atoms with van der Waals surface area (Å²) in [6.45, 7) is 0.760. The van der Waals surface area contributed by atoms with E-state index in [2.05, 4.69) is 20.6 Å². The van der Waals surface area contributed by atoms with E-state index in [0.29, 0.717) is 34.4 Å². The monoisotopic (exact) mass is 349 g/mol. The lowest BCUT2D eigenvalue weighted by Crippen LogP contribution is -2.29. The van der Waals surface area contributed by atoms with Crippen molar-refractivity contribution >= 4 is 29.1 Å². The van der Waals surface area contributed by atoms with Crippen LogP contribution >= 0.6 is 11.6 Å². The van der Waals surface area contributed by atoms with Gasteiger partial charge < -0.3 is 16.4 Å². The van der Waals surface area contributed by atoms with Crippen molar-refractivity contribution in [3.63, 3.8) is 0 Å². The molecule has 24 heavy (non-hydrogen) atoms. The van der Waals surface area contributed by atoms with E-state index < -0.39 is 0 Å². The van der Waals surface area contributed by atoms with Crippen molar-refractivity contribution in [2.75, 3.05) is 17.2 Å². The molecule has 2 aromatic rings. The number of halogens is 2. The molecule has 0 atom stereocenters. The SMILES string of the molecule is NCC1CCC(Nc2ncc(Cl)c(Nc3ccc(F)cc3)n2)CC1. The van der Waals surface area contributed by atoms with Crippen LogP contribution in [0.5, 0.6) is 0 Å². The van der Waals surface area contributed by atoms with E-state index in [-0.39, 0.29) is 5.82 Å². The molecule has 4 N–H and O–H groups in total. The Bertz CT molecular complexity index is 671. The number of hydrogen-bond donors (Lipinski definition) is 3. The fourth-order valence-corrected chi connectivity index (χ4v) is 3.06. The Morgan fingerprint density at radius 1 is 1.17 bits per heavy atom. The third-order valence-electron chi connectivity index (χ3n) is 4.36. The van der Waals surface area contributed by atoms with E-state index in [9.17, 15) is 4.39 Å². The van der Waals surface area contributed by atoms with Crippen molar-refractivity contribution in [1.29, 1.82) is 0 Å². The molecule has 7 heteroatoms. The number of rotatable bonds is 5. The summed E-state index contributed by atoms with van der Waals surface area (Å²) in [4.78, 5) is 8.69. The molecule has 1 heterocycles. The van der Waals surface area contributed by atoms with Gasteiger partial charge in [-0.05, 0) is 62.4 Å². The highest BCUT2D eigenvalue weighted by atomic mass is 35.5. The number of hydrogen-bond acceptors (Lipinski definition) is 5. The molecule has 1 fully saturated rings. The summed E-state index contributed by atoms with van der Waals surface area (Å²) in [5.74, 6) is 1.38. The molecule has 1 aliphatic rings. The highest BCUT2D eigenvalue weighted by Crippen LogP contribution is 2.27. The predicted octanol–water partition coefficient (Wildman–Crippen LogP) is 3.94. The first-order valence-electron chi connectivity index (χ1n) is 8.16. The van der Waals surface area contributed by atoms with Gasteiger partial charge in [-0.1, -0.05) is 11.6 Å². The molecule has 0 radical (unpaired) electrons. The van der Waals surface area contributed by atoms with Gasteiger partial charge in [0.05, 0.1) is 6.20 Å². The van der Waals surface area contributed by atoms with Crippen molar-refractivity contribution in [2.45, 2.75) is 31.7 Å². The summed E-state index contributed by atoms with van der Waals surface area (Å²) in [6, 6.07) is 6.38.